The molecule has 1 aliphatic heterocycles. The van der Waals surface area contributed by atoms with Crippen molar-refractivity contribution in [1.29, 1.82) is 0 Å². The summed E-state index contributed by atoms with van der Waals surface area (Å²) in [5.74, 6) is 4.61. The standard InChI is InChI=1S/C39H48N7O19P3S/c1-2-45(28-11-10-26-20-29(38(50)63-31(26)21-28)25-12-17-44(18-13-25)15-7-19-69(58,59)60)16-5-3-4-9-33(48)41-14-6-8-27-23-46(36-35(27)37(49)43-39(40)42-36)34-22-30(47)32(62-34)24-61-67(54,55)65-68(56,57)64-66(51,52)53/h10-13,17-18,20-21,23,30,32,34,47H,2-5,7,9,14-16,19,22,24H2,1H3,(H8-,40,41,42,43,48,49,51,52,53,54,55,56,57,58,59,60)/t30-,32+,34+/m0/s1. The lowest BCUT2D eigenvalue weighted by Crippen LogP contribution is -2.33. The third kappa shape index (κ3) is 15.2. The van der Waals surface area contributed by atoms with Crippen LogP contribution in [0.25, 0.3) is 33.1 Å². The molecule has 0 spiro atoms. The van der Waals surface area contributed by atoms with Gasteiger partial charge in [-0.25, -0.2) is 31.5 Å². The number of anilines is 2. The summed E-state index contributed by atoms with van der Waals surface area (Å²) in [6.07, 6.45) is 3.18. The zero-order valence-electron chi connectivity index (χ0n) is 36.5. The van der Waals surface area contributed by atoms with Gasteiger partial charge in [-0.3, -0.25) is 19.1 Å². The molecule has 6 rings (SSSR count). The number of ether oxygens (including phenoxy) is 1. The number of aryl methyl sites for hydroxylation is 1. The molecule has 0 bridgehead atoms. The third-order valence-corrected chi connectivity index (χ3v) is 15.0. The van der Waals surface area contributed by atoms with Gasteiger partial charge in [-0.2, -0.15) is 13.6 Å². The van der Waals surface area contributed by atoms with Crippen molar-refractivity contribution in [2.24, 2.45) is 0 Å². The molecule has 69 heavy (non-hydrogen) atoms. The van der Waals surface area contributed by atoms with E-state index in [-0.39, 0.29) is 54.3 Å². The average Bonchev–Trinajstić information content (AvgIpc) is 3.80. The minimum Gasteiger partial charge on any atom is -0.748 e. The second kappa shape index (κ2) is 22.3. The molecule has 1 aromatic carbocycles. The van der Waals surface area contributed by atoms with Crippen LogP contribution in [-0.2, 0) is 53.0 Å². The van der Waals surface area contributed by atoms with Crippen molar-refractivity contribution in [3.8, 4) is 23.0 Å². The maximum absolute atomic E-state index is 13.0. The predicted molar refractivity (Wildman–Crippen MR) is 243 cm³/mol. The van der Waals surface area contributed by atoms with Crippen LogP contribution in [0.1, 0.15) is 57.2 Å². The number of hydrogen-bond acceptors (Lipinski definition) is 18. The Morgan fingerprint density at radius 3 is 2.51 bits per heavy atom. The quantitative estimate of drug-likeness (QED) is 0.0122. The number of carbonyl (C=O) groups excluding carboxylic acids is 1. The van der Waals surface area contributed by atoms with Crippen molar-refractivity contribution in [2.75, 3.05) is 42.6 Å². The highest BCUT2D eigenvalue weighted by Crippen LogP contribution is 2.66. The maximum atomic E-state index is 13.0. The molecule has 1 saturated heterocycles. The highest BCUT2D eigenvalue weighted by molar-refractivity contribution is 7.85. The number of aromatic nitrogens is 4. The number of hydrogen-bond donors (Lipinski definition) is 8. The number of H-pyrrole nitrogens is 1. The SMILES string of the molecule is CCN(CCCCCC(=O)NCC#Cc1cn([C@H]2C[C@H](O)[C@@H](COP(=O)(O)OP(=O)(O)OP(=O)(O)O)O2)c2nc(N)[nH]c(=O)c12)c1ccc2cc(-c3cc[n+](CCCS(=O)(=O)[O-])cc3)c(=O)oc2c1. The first kappa shape index (κ1) is 53.2. The van der Waals surface area contributed by atoms with Gasteiger partial charge in [0, 0.05) is 79.1 Å². The van der Waals surface area contributed by atoms with Gasteiger partial charge in [0.05, 0.1) is 45.9 Å². The van der Waals surface area contributed by atoms with Crippen molar-refractivity contribution in [1.82, 2.24) is 19.9 Å². The molecule has 5 atom stereocenters. The zero-order chi connectivity index (χ0) is 50.3. The van der Waals surface area contributed by atoms with Crippen molar-refractivity contribution in [3.63, 3.8) is 0 Å². The van der Waals surface area contributed by atoms with E-state index in [1.807, 2.05) is 19.1 Å². The zero-order valence-corrected chi connectivity index (χ0v) is 40.0. The first-order valence-electron chi connectivity index (χ1n) is 20.9. The van der Waals surface area contributed by atoms with Crippen LogP contribution in [0.3, 0.4) is 0 Å². The number of carbonyl (C=O) groups is 1. The normalized spacial score (nSPS) is 18.1. The van der Waals surface area contributed by atoms with E-state index in [9.17, 15) is 55.9 Å². The molecule has 30 heteroatoms. The molecule has 1 fully saturated rings. The number of aromatic amines is 1. The number of aliphatic hydroxyl groups excluding tert-OH is 1. The molecule has 26 nitrogen and oxygen atoms in total. The number of nitrogens with two attached hydrogens (primary N) is 1. The van der Waals surface area contributed by atoms with E-state index in [0.29, 0.717) is 42.8 Å². The van der Waals surface area contributed by atoms with Gasteiger partial charge < -0.3 is 58.9 Å². The summed E-state index contributed by atoms with van der Waals surface area (Å²) < 4.78 is 93.9. The molecule has 0 saturated carbocycles. The van der Waals surface area contributed by atoms with Crippen LogP contribution in [-0.4, -0.2) is 102 Å². The van der Waals surface area contributed by atoms with Crippen LogP contribution in [0.5, 0.6) is 0 Å². The number of rotatable bonds is 22. The van der Waals surface area contributed by atoms with Gasteiger partial charge >= 0.3 is 29.1 Å². The molecule has 5 heterocycles. The molecule has 5 aromatic rings. The van der Waals surface area contributed by atoms with E-state index in [0.717, 1.165) is 23.9 Å². The number of amides is 1. The van der Waals surface area contributed by atoms with Crippen LogP contribution in [0.4, 0.5) is 11.6 Å². The summed E-state index contributed by atoms with van der Waals surface area (Å²) in [5.41, 5.74) is 6.99. The maximum Gasteiger partial charge on any atom is 0.490 e. The van der Waals surface area contributed by atoms with E-state index in [1.165, 1.54) is 10.8 Å². The average molecular weight is 1040 g/mol. The number of phosphoric acid groups is 3. The Balaban J connectivity index is 0.976. The van der Waals surface area contributed by atoms with Gasteiger partial charge in [-0.15, -0.1) is 0 Å². The topological polar surface area (TPSA) is 390 Å². The van der Waals surface area contributed by atoms with E-state index < -0.39 is 75.6 Å². The number of pyridine rings is 1. The molecule has 374 valence electrons. The van der Waals surface area contributed by atoms with Gasteiger partial charge in [0.15, 0.2) is 18.0 Å². The fraction of sp³-hybridized carbons (Fsp3) is 0.410. The summed E-state index contributed by atoms with van der Waals surface area (Å²) in [5, 5.41) is 14.1. The molecule has 0 aliphatic carbocycles. The molecule has 9 N–H and O–H groups in total. The van der Waals surface area contributed by atoms with Crippen LogP contribution >= 0.6 is 23.5 Å². The number of phosphoric ester groups is 1. The number of nitrogens with one attached hydrogen (secondary N) is 2. The molecule has 0 radical (unpaired) electrons. The summed E-state index contributed by atoms with van der Waals surface area (Å²) in [4.78, 5) is 83.9. The number of benzene rings is 1. The number of unbranched alkanes of at least 4 members (excludes halogenated alkanes) is 2. The summed E-state index contributed by atoms with van der Waals surface area (Å²) in [6.45, 7) is 2.65. The lowest BCUT2D eigenvalue weighted by atomic mass is 10.1. The largest absolute Gasteiger partial charge is 0.748 e. The van der Waals surface area contributed by atoms with Gasteiger partial charge in [0.25, 0.3) is 5.56 Å². The van der Waals surface area contributed by atoms with E-state index in [1.54, 1.807) is 41.2 Å². The molecule has 4 aromatic heterocycles. The Hall–Kier alpha value is -5.13. The molecular weight excluding hydrogens is 995 g/mol. The molecular formula is C39H48N7O19P3S. The summed E-state index contributed by atoms with van der Waals surface area (Å²) >= 11 is 0. The monoisotopic (exact) mass is 1040 g/mol. The second-order valence-electron chi connectivity index (χ2n) is 15.5. The van der Waals surface area contributed by atoms with Crippen molar-refractivity contribution in [3.05, 3.63) is 81.3 Å². The highest BCUT2D eigenvalue weighted by atomic mass is 32.2. The fourth-order valence-electron chi connectivity index (χ4n) is 7.31. The lowest BCUT2D eigenvalue weighted by molar-refractivity contribution is -0.696. The van der Waals surface area contributed by atoms with Crippen LogP contribution < -0.4 is 31.7 Å². The Kier molecular flexibility index (Phi) is 17.2. The minimum absolute atomic E-state index is 0.00525. The molecule has 1 amide bonds. The van der Waals surface area contributed by atoms with Crippen LogP contribution in [0, 0.1) is 11.8 Å². The minimum atomic E-state index is -5.78. The molecule has 2 unspecified atom stereocenters. The Labute approximate surface area is 392 Å². The van der Waals surface area contributed by atoms with Crippen molar-refractivity contribution >= 4 is 73.1 Å². The molecule has 1 aliphatic rings. The Morgan fingerprint density at radius 2 is 1.81 bits per heavy atom. The second-order valence-corrected chi connectivity index (χ2v) is 21.4. The van der Waals surface area contributed by atoms with Gasteiger partial charge in [0.2, 0.25) is 11.9 Å². The highest BCUT2D eigenvalue weighted by Gasteiger charge is 2.43. The van der Waals surface area contributed by atoms with Crippen LogP contribution in [0.2, 0.25) is 0 Å². The number of aliphatic hydroxyl groups is 1. The van der Waals surface area contributed by atoms with Crippen molar-refractivity contribution < 1.29 is 83.0 Å². The van der Waals surface area contributed by atoms with E-state index in [4.69, 9.17) is 24.7 Å². The fourth-order valence-corrected chi connectivity index (χ4v) is 10.8. The summed E-state index contributed by atoms with van der Waals surface area (Å²) in [7, 11) is -21.2. The third-order valence-electron chi connectivity index (χ3n) is 10.4. The number of nitrogen functional groups attached to an aromatic ring is 1. The van der Waals surface area contributed by atoms with Crippen LogP contribution in [0.15, 0.2) is 69.0 Å². The van der Waals surface area contributed by atoms with E-state index >= 15 is 0 Å². The number of nitrogens with zero attached hydrogens (tertiary/aromatic N) is 4. The summed E-state index contributed by atoms with van der Waals surface area (Å²) in [6, 6.07) is 10.8. The smallest absolute Gasteiger partial charge is 0.490 e. The Morgan fingerprint density at radius 1 is 1.07 bits per heavy atom. The van der Waals surface area contributed by atoms with E-state index in [2.05, 4.69) is 45.2 Å². The van der Waals surface area contributed by atoms with Gasteiger partial charge in [-0.1, -0.05) is 18.3 Å². The number of fused-ring (bicyclic) bond motifs is 2. The Bertz CT molecular complexity index is 3130. The van der Waals surface area contributed by atoms with Gasteiger partial charge in [-0.05, 0) is 38.0 Å². The first-order chi connectivity index (χ1) is 32.4. The predicted octanol–water partition coefficient (Wildman–Crippen LogP) is 1.85. The lowest BCUT2D eigenvalue weighted by Gasteiger charge is -2.23. The van der Waals surface area contributed by atoms with Crippen molar-refractivity contribution in [2.45, 2.75) is 70.4 Å². The first-order valence-corrected chi connectivity index (χ1v) is 27.0. The van der Waals surface area contributed by atoms with Gasteiger partial charge in [0.1, 0.15) is 24.5 Å².